The lowest BCUT2D eigenvalue weighted by Gasteiger charge is -2.20. The van der Waals surface area contributed by atoms with Crippen molar-refractivity contribution in [1.29, 1.82) is 0 Å². The summed E-state index contributed by atoms with van der Waals surface area (Å²) in [5.41, 5.74) is 2.65. The first kappa shape index (κ1) is 17.6. The van der Waals surface area contributed by atoms with Gasteiger partial charge in [-0.2, -0.15) is 0 Å². The van der Waals surface area contributed by atoms with E-state index in [1.807, 2.05) is 30.3 Å². The number of carbonyl (C=O) groups is 1. The molecule has 1 unspecified atom stereocenters. The number of hydrogen-bond donors (Lipinski definition) is 0. The van der Waals surface area contributed by atoms with E-state index in [0.29, 0.717) is 24.0 Å². The summed E-state index contributed by atoms with van der Waals surface area (Å²) in [5, 5.41) is -0.570. The van der Waals surface area contributed by atoms with Gasteiger partial charge in [-0.15, -0.1) is 0 Å². The van der Waals surface area contributed by atoms with Crippen molar-refractivity contribution in [1.82, 2.24) is 14.9 Å². The highest BCUT2D eigenvalue weighted by atomic mass is 32.2. The molecule has 0 bridgehead atoms. The molecule has 1 saturated heterocycles. The van der Waals surface area contributed by atoms with Gasteiger partial charge in [0.15, 0.2) is 9.84 Å². The van der Waals surface area contributed by atoms with Gasteiger partial charge < -0.3 is 4.90 Å². The molecule has 4 rings (SSSR count). The van der Waals surface area contributed by atoms with Crippen LogP contribution in [0, 0.1) is 0 Å². The number of nitrogens with zero attached hydrogens (tertiary/aromatic N) is 3. The van der Waals surface area contributed by atoms with Crippen LogP contribution in [0.25, 0.3) is 11.0 Å². The van der Waals surface area contributed by atoms with Crippen LogP contribution in [0.15, 0.2) is 60.9 Å². The number of benzene rings is 2. The Morgan fingerprint density at radius 2 is 1.70 bits per heavy atom. The predicted octanol–water partition coefficient (Wildman–Crippen LogP) is 2.63. The molecule has 0 radical (unpaired) electrons. The number of rotatable bonds is 2. The minimum absolute atomic E-state index is 0.0360. The first-order valence-electron chi connectivity index (χ1n) is 8.81. The highest BCUT2D eigenvalue weighted by molar-refractivity contribution is 7.91. The van der Waals surface area contributed by atoms with E-state index in [9.17, 15) is 13.2 Å². The minimum Gasteiger partial charge on any atom is -0.338 e. The molecule has 138 valence electrons. The lowest BCUT2D eigenvalue weighted by Crippen LogP contribution is -2.33. The highest BCUT2D eigenvalue weighted by Gasteiger charge is 2.32. The van der Waals surface area contributed by atoms with Gasteiger partial charge in [0.05, 0.1) is 22.0 Å². The molecular formula is C20H19N3O3S. The largest absolute Gasteiger partial charge is 0.338 e. The van der Waals surface area contributed by atoms with Crippen molar-refractivity contribution in [3.8, 4) is 0 Å². The third-order valence-electron chi connectivity index (χ3n) is 4.92. The van der Waals surface area contributed by atoms with Gasteiger partial charge in [0.2, 0.25) is 0 Å². The molecule has 1 aliphatic heterocycles. The van der Waals surface area contributed by atoms with Crippen LogP contribution in [-0.4, -0.2) is 48.0 Å². The second-order valence-electron chi connectivity index (χ2n) is 6.61. The van der Waals surface area contributed by atoms with Crippen molar-refractivity contribution in [2.45, 2.75) is 11.7 Å². The van der Waals surface area contributed by atoms with Crippen LogP contribution < -0.4 is 0 Å². The lowest BCUT2D eigenvalue weighted by molar-refractivity contribution is 0.0766. The molecule has 1 aliphatic rings. The van der Waals surface area contributed by atoms with Crippen LogP contribution in [0.5, 0.6) is 0 Å². The Balaban J connectivity index is 1.58. The number of carbonyl (C=O) groups excluding carboxylic acids is 1. The molecule has 1 fully saturated rings. The maximum atomic E-state index is 12.9. The molecular weight excluding hydrogens is 362 g/mol. The smallest absolute Gasteiger partial charge is 0.253 e. The van der Waals surface area contributed by atoms with Crippen molar-refractivity contribution >= 4 is 26.8 Å². The topological polar surface area (TPSA) is 80.2 Å². The van der Waals surface area contributed by atoms with Crippen LogP contribution in [0.2, 0.25) is 0 Å². The van der Waals surface area contributed by atoms with Gasteiger partial charge in [-0.25, -0.2) is 8.42 Å². The number of sulfone groups is 1. The summed E-state index contributed by atoms with van der Waals surface area (Å²) in [7, 11) is -3.31. The molecule has 0 N–H and O–H groups in total. The Kier molecular flexibility index (Phi) is 4.61. The second-order valence-corrected chi connectivity index (χ2v) is 8.91. The van der Waals surface area contributed by atoms with Gasteiger partial charge in [-0.1, -0.05) is 30.3 Å². The van der Waals surface area contributed by atoms with Crippen molar-refractivity contribution in [2.24, 2.45) is 0 Å². The highest BCUT2D eigenvalue weighted by Crippen LogP contribution is 2.29. The summed E-state index contributed by atoms with van der Waals surface area (Å²) in [4.78, 5) is 23.0. The number of hydrogen-bond acceptors (Lipinski definition) is 5. The molecule has 0 saturated carbocycles. The summed E-state index contributed by atoms with van der Waals surface area (Å²) in [6.07, 6.45) is 3.58. The van der Waals surface area contributed by atoms with Gasteiger partial charge >= 0.3 is 0 Å². The summed E-state index contributed by atoms with van der Waals surface area (Å²) in [5.74, 6) is -0.211. The molecule has 0 spiro atoms. The fourth-order valence-corrected chi connectivity index (χ4v) is 5.26. The third-order valence-corrected chi connectivity index (χ3v) is 7.04. The van der Waals surface area contributed by atoms with Crippen LogP contribution >= 0.6 is 0 Å². The molecule has 2 aromatic carbocycles. The predicted molar refractivity (Wildman–Crippen MR) is 103 cm³/mol. The minimum atomic E-state index is -3.31. The quantitative estimate of drug-likeness (QED) is 0.682. The average molecular weight is 381 g/mol. The summed E-state index contributed by atoms with van der Waals surface area (Å²) >= 11 is 0. The van der Waals surface area contributed by atoms with Crippen LogP contribution in [0.1, 0.15) is 27.6 Å². The molecule has 1 aromatic heterocycles. The first-order valence-corrected chi connectivity index (χ1v) is 10.5. The average Bonchev–Trinajstić information content (AvgIpc) is 2.85. The number of amides is 1. The zero-order valence-electron chi connectivity index (χ0n) is 14.7. The van der Waals surface area contributed by atoms with Crippen molar-refractivity contribution < 1.29 is 13.2 Å². The Bertz CT molecular complexity index is 1080. The molecule has 1 amide bonds. The van der Waals surface area contributed by atoms with Crippen molar-refractivity contribution in [3.63, 3.8) is 0 Å². The second kappa shape index (κ2) is 7.08. The lowest BCUT2D eigenvalue weighted by atomic mass is 10.1. The first-order chi connectivity index (χ1) is 13.0. The normalized spacial score (nSPS) is 19.6. The van der Waals surface area contributed by atoms with E-state index in [1.165, 1.54) is 0 Å². The number of aromatic nitrogens is 2. The van der Waals surface area contributed by atoms with Gasteiger partial charge in [0.25, 0.3) is 5.91 Å². The molecule has 6 nitrogen and oxygen atoms in total. The van der Waals surface area contributed by atoms with Crippen molar-refractivity contribution in [2.75, 3.05) is 18.8 Å². The molecule has 1 atom stereocenters. The summed E-state index contributed by atoms with van der Waals surface area (Å²) < 4.78 is 25.5. The van der Waals surface area contributed by atoms with E-state index in [2.05, 4.69) is 9.97 Å². The van der Waals surface area contributed by atoms with Crippen LogP contribution in [0.4, 0.5) is 0 Å². The SMILES string of the molecule is O=C(c1ccc2nccnc2c1)N1CCC(c2ccccc2)S(=O)(=O)CC1. The third kappa shape index (κ3) is 3.55. The fourth-order valence-electron chi connectivity index (χ4n) is 3.47. The molecule has 2 heterocycles. The van der Waals surface area contributed by atoms with Gasteiger partial charge in [-0.3, -0.25) is 14.8 Å². The van der Waals surface area contributed by atoms with E-state index < -0.39 is 15.1 Å². The fraction of sp³-hybridized carbons (Fsp3) is 0.250. The van der Waals surface area contributed by atoms with Gasteiger partial charge in [-0.05, 0) is 30.2 Å². The van der Waals surface area contributed by atoms with Crippen molar-refractivity contribution in [3.05, 3.63) is 72.1 Å². The van der Waals surface area contributed by atoms with Gasteiger partial charge in [0, 0.05) is 31.0 Å². The van der Waals surface area contributed by atoms with Crippen LogP contribution in [-0.2, 0) is 9.84 Å². The molecule has 7 heteroatoms. The number of fused-ring (bicyclic) bond motifs is 1. The zero-order valence-corrected chi connectivity index (χ0v) is 15.5. The molecule has 3 aromatic rings. The maximum Gasteiger partial charge on any atom is 0.253 e. The molecule has 27 heavy (non-hydrogen) atoms. The Morgan fingerprint density at radius 1 is 0.963 bits per heavy atom. The van der Waals surface area contributed by atoms with Gasteiger partial charge in [0.1, 0.15) is 0 Å². The zero-order chi connectivity index (χ0) is 18.9. The summed E-state index contributed by atoms with van der Waals surface area (Å²) in [6, 6.07) is 14.4. The maximum absolute atomic E-state index is 12.9. The standard InChI is InChI=1S/C20H19N3O3S/c24-20(16-6-7-17-18(14-16)22-10-9-21-17)23-11-8-19(27(25,26)13-12-23)15-4-2-1-3-5-15/h1-7,9-10,14,19H,8,11-13H2. The van der Waals surface area contributed by atoms with E-state index >= 15 is 0 Å². The monoisotopic (exact) mass is 381 g/mol. The molecule has 0 aliphatic carbocycles. The Labute approximate surface area is 157 Å². The van der Waals surface area contributed by atoms with E-state index in [1.54, 1.807) is 35.5 Å². The van der Waals surface area contributed by atoms with E-state index in [0.717, 1.165) is 11.1 Å². The summed E-state index contributed by atoms with van der Waals surface area (Å²) in [6.45, 7) is 0.596. The Hall–Kier alpha value is -2.80. The van der Waals surface area contributed by atoms with E-state index in [-0.39, 0.29) is 18.2 Å². The Morgan fingerprint density at radius 3 is 2.48 bits per heavy atom. The van der Waals surface area contributed by atoms with Crippen LogP contribution in [0.3, 0.4) is 0 Å². The van der Waals surface area contributed by atoms with E-state index in [4.69, 9.17) is 0 Å².